The third kappa shape index (κ3) is 7.03. The van der Waals surface area contributed by atoms with Gasteiger partial charge in [0.2, 0.25) is 0 Å². The molecule has 0 aromatic heterocycles. The fourth-order valence-corrected chi connectivity index (χ4v) is 1.95. The van der Waals surface area contributed by atoms with E-state index in [1.807, 2.05) is 0 Å². The number of hydrogen-bond acceptors (Lipinski definition) is 2. The van der Waals surface area contributed by atoms with E-state index >= 15 is 0 Å². The van der Waals surface area contributed by atoms with E-state index in [-0.39, 0.29) is 17.3 Å². The molecule has 0 rings (SSSR count). The van der Waals surface area contributed by atoms with Crippen LogP contribution in [0.2, 0.25) is 0 Å². The van der Waals surface area contributed by atoms with Crippen LogP contribution in [0, 0.1) is 0 Å². The normalized spacial score (nSPS) is 16.2. The lowest BCUT2D eigenvalue weighted by Crippen LogP contribution is -2.43. The molecule has 2 unspecified atom stereocenters. The lowest BCUT2D eigenvalue weighted by molar-refractivity contribution is -0.248. The summed E-state index contributed by atoms with van der Waals surface area (Å²) in [5, 5.41) is -0.280. The van der Waals surface area contributed by atoms with Crippen LogP contribution in [0.1, 0.15) is 26.2 Å². The van der Waals surface area contributed by atoms with Crippen LogP contribution in [0.3, 0.4) is 0 Å². The lowest BCUT2D eigenvalue weighted by atomic mass is 10.1. The Morgan fingerprint density at radius 1 is 1.16 bits per heavy atom. The molecule has 0 radical (unpaired) electrons. The molecule has 0 fully saturated rings. The van der Waals surface area contributed by atoms with Gasteiger partial charge in [-0.3, -0.25) is 4.79 Å². The van der Waals surface area contributed by atoms with E-state index in [9.17, 15) is 35.5 Å². The topological polar surface area (TPSA) is 17.1 Å². The monoisotopic (exact) mass is 314 g/mol. The summed E-state index contributed by atoms with van der Waals surface area (Å²) in [4.78, 5) is 10.8. The molecule has 0 aromatic carbocycles. The lowest BCUT2D eigenvalue weighted by Gasteiger charge is -2.23. The van der Waals surface area contributed by atoms with E-state index in [0.717, 1.165) is 0 Å². The van der Waals surface area contributed by atoms with Gasteiger partial charge in [0.15, 0.2) is 5.12 Å². The van der Waals surface area contributed by atoms with Crippen LogP contribution >= 0.6 is 11.8 Å². The molecule has 0 aliphatic carbocycles. The second kappa shape index (κ2) is 7.35. The van der Waals surface area contributed by atoms with Crippen LogP contribution in [0.15, 0.2) is 0 Å². The number of carbonyl (C=O) groups excluding carboxylic acids is 1. The zero-order chi connectivity index (χ0) is 15.3. The Balaban J connectivity index is 4.23. The number of thioether (sulfide) groups is 1. The fourth-order valence-electron chi connectivity index (χ4n) is 1.14. The molecule has 0 N–H and O–H groups in total. The van der Waals surface area contributed by atoms with Crippen molar-refractivity contribution in [2.24, 2.45) is 0 Å². The molecule has 0 aromatic rings. The van der Waals surface area contributed by atoms with Crippen molar-refractivity contribution in [3.05, 3.63) is 0 Å². The van der Waals surface area contributed by atoms with Crippen molar-refractivity contribution in [1.29, 1.82) is 0 Å². The standard InChI is InChI=1S/C10H13F7OS/c1-2-7(18)19-4-3-6(11)5-9(13,14)8(12)10(15,16)17/h6,8H,2-5H2,1H3. The molecule has 2 atom stereocenters. The number of hydrogen-bond donors (Lipinski definition) is 0. The number of alkyl halides is 7. The van der Waals surface area contributed by atoms with E-state index in [0.29, 0.717) is 11.8 Å². The van der Waals surface area contributed by atoms with Gasteiger partial charge in [-0.05, 0) is 6.42 Å². The Bertz CT molecular complexity index is 292. The molecule has 0 bridgehead atoms. The maximum absolute atomic E-state index is 13.1. The van der Waals surface area contributed by atoms with Crippen LogP contribution in [0.25, 0.3) is 0 Å². The smallest absolute Gasteiger partial charge is 0.287 e. The summed E-state index contributed by atoms with van der Waals surface area (Å²) >= 11 is 0.705. The molecule has 0 heterocycles. The molecule has 0 spiro atoms. The molecule has 114 valence electrons. The first-order valence-electron chi connectivity index (χ1n) is 5.39. The molecular weight excluding hydrogens is 301 g/mol. The van der Waals surface area contributed by atoms with Crippen molar-refractivity contribution in [3.63, 3.8) is 0 Å². The van der Waals surface area contributed by atoms with Crippen LogP contribution in [-0.2, 0) is 4.79 Å². The maximum atomic E-state index is 13.1. The summed E-state index contributed by atoms with van der Waals surface area (Å²) in [7, 11) is 0. The molecular formula is C10H13F7OS. The van der Waals surface area contributed by atoms with Gasteiger partial charge in [0.05, 0.1) is 0 Å². The van der Waals surface area contributed by atoms with Crippen molar-refractivity contribution >= 4 is 16.9 Å². The Hall–Kier alpha value is -0.470. The van der Waals surface area contributed by atoms with Crippen molar-refractivity contribution in [1.82, 2.24) is 0 Å². The first-order chi connectivity index (χ1) is 8.50. The van der Waals surface area contributed by atoms with Crippen molar-refractivity contribution < 1.29 is 35.5 Å². The highest BCUT2D eigenvalue weighted by atomic mass is 32.2. The highest BCUT2D eigenvalue weighted by Gasteiger charge is 2.57. The summed E-state index contributed by atoms with van der Waals surface area (Å²) in [5.74, 6) is -4.94. The summed E-state index contributed by atoms with van der Waals surface area (Å²) in [6.07, 6.45) is -14.6. The van der Waals surface area contributed by atoms with Gasteiger partial charge in [0.1, 0.15) is 6.17 Å². The zero-order valence-electron chi connectivity index (χ0n) is 9.95. The van der Waals surface area contributed by atoms with Crippen LogP contribution < -0.4 is 0 Å². The quantitative estimate of drug-likeness (QED) is 0.651. The minimum absolute atomic E-state index is 0.132. The van der Waals surface area contributed by atoms with Gasteiger partial charge >= 0.3 is 6.18 Å². The largest absolute Gasteiger partial charge is 0.425 e. The van der Waals surface area contributed by atoms with Gasteiger partial charge < -0.3 is 0 Å². The first-order valence-corrected chi connectivity index (χ1v) is 6.37. The van der Waals surface area contributed by atoms with E-state index in [4.69, 9.17) is 0 Å². The van der Waals surface area contributed by atoms with Gasteiger partial charge in [0, 0.05) is 18.6 Å². The summed E-state index contributed by atoms with van der Waals surface area (Å²) in [5.41, 5.74) is 0. The summed E-state index contributed by atoms with van der Waals surface area (Å²) < 4.78 is 86.4. The molecule has 0 amide bonds. The van der Waals surface area contributed by atoms with Crippen LogP contribution in [0.5, 0.6) is 0 Å². The number of halogens is 7. The molecule has 0 aliphatic rings. The number of carbonyl (C=O) groups is 1. The molecule has 0 saturated carbocycles. The van der Waals surface area contributed by atoms with Gasteiger partial charge in [0.25, 0.3) is 12.1 Å². The van der Waals surface area contributed by atoms with Gasteiger partial charge in [-0.25, -0.2) is 17.6 Å². The second-order valence-electron chi connectivity index (χ2n) is 3.83. The SMILES string of the molecule is CCC(=O)SCCC(F)CC(F)(F)C(F)C(F)(F)F. The summed E-state index contributed by atoms with van der Waals surface area (Å²) in [6.45, 7) is 1.55. The van der Waals surface area contributed by atoms with E-state index < -0.39 is 37.3 Å². The van der Waals surface area contributed by atoms with Crippen LogP contribution in [0.4, 0.5) is 30.7 Å². The Kier molecular flexibility index (Phi) is 7.17. The highest BCUT2D eigenvalue weighted by molar-refractivity contribution is 8.13. The molecule has 19 heavy (non-hydrogen) atoms. The van der Waals surface area contributed by atoms with Crippen molar-refractivity contribution in [2.75, 3.05) is 5.75 Å². The van der Waals surface area contributed by atoms with Crippen molar-refractivity contribution in [3.8, 4) is 0 Å². The zero-order valence-corrected chi connectivity index (χ0v) is 10.8. The minimum Gasteiger partial charge on any atom is -0.287 e. The van der Waals surface area contributed by atoms with E-state index in [2.05, 4.69) is 0 Å². The van der Waals surface area contributed by atoms with E-state index in [1.54, 1.807) is 6.92 Å². The second-order valence-corrected chi connectivity index (χ2v) is 4.98. The third-order valence-electron chi connectivity index (χ3n) is 2.13. The molecule has 0 saturated heterocycles. The Morgan fingerprint density at radius 2 is 1.68 bits per heavy atom. The summed E-state index contributed by atoms with van der Waals surface area (Å²) in [6, 6.07) is 0. The minimum atomic E-state index is -5.73. The third-order valence-corrected chi connectivity index (χ3v) is 3.19. The van der Waals surface area contributed by atoms with Gasteiger partial charge in [-0.1, -0.05) is 18.7 Å². The Labute approximate surface area is 109 Å². The Morgan fingerprint density at radius 3 is 2.11 bits per heavy atom. The van der Waals surface area contributed by atoms with Crippen LogP contribution in [-0.4, -0.2) is 35.3 Å². The maximum Gasteiger partial charge on any atom is 0.425 e. The predicted molar refractivity (Wildman–Crippen MR) is 57.8 cm³/mol. The predicted octanol–water partition coefficient (Wildman–Crippen LogP) is 4.31. The first kappa shape index (κ1) is 18.5. The molecule has 1 nitrogen and oxygen atoms in total. The van der Waals surface area contributed by atoms with Gasteiger partial charge in [-0.2, -0.15) is 13.2 Å². The van der Waals surface area contributed by atoms with Crippen molar-refractivity contribution in [2.45, 2.75) is 50.6 Å². The average molecular weight is 314 g/mol. The number of rotatable bonds is 7. The fraction of sp³-hybridized carbons (Fsp3) is 0.900. The highest BCUT2D eigenvalue weighted by Crippen LogP contribution is 2.38. The van der Waals surface area contributed by atoms with E-state index in [1.165, 1.54) is 0 Å². The molecule has 9 heteroatoms. The molecule has 0 aliphatic heterocycles. The average Bonchev–Trinajstić information content (AvgIpc) is 2.25. The van der Waals surface area contributed by atoms with Gasteiger partial charge in [-0.15, -0.1) is 0 Å².